The molecule has 0 spiro atoms. The molecule has 0 amide bonds. The molecule has 1 aromatic carbocycles. The van der Waals surface area contributed by atoms with Crippen LogP contribution in [0, 0.1) is 6.92 Å². The maximum Gasteiger partial charge on any atom is 0.153 e. The molecule has 1 N–H and O–H groups in total. The quantitative estimate of drug-likeness (QED) is 0.743. The molecular formula is C10H7Cl2NO. The number of halogens is 2. The van der Waals surface area contributed by atoms with Gasteiger partial charge < -0.3 is 4.98 Å². The molecule has 1 aromatic heterocycles. The van der Waals surface area contributed by atoms with Gasteiger partial charge in [0.05, 0.1) is 11.1 Å². The Bertz CT molecular complexity index is 516. The molecule has 0 aliphatic heterocycles. The van der Waals surface area contributed by atoms with Crippen LogP contribution in [-0.2, 0) is 0 Å². The number of nitrogens with one attached hydrogen (secondary N) is 1. The molecular weight excluding hydrogens is 221 g/mol. The van der Waals surface area contributed by atoms with Gasteiger partial charge in [0.2, 0.25) is 0 Å². The summed E-state index contributed by atoms with van der Waals surface area (Å²) >= 11 is 11.8. The Morgan fingerprint density at radius 3 is 2.71 bits per heavy atom. The summed E-state index contributed by atoms with van der Waals surface area (Å²) in [7, 11) is 0. The van der Waals surface area contributed by atoms with E-state index in [2.05, 4.69) is 4.98 Å². The molecule has 0 aliphatic rings. The van der Waals surface area contributed by atoms with Gasteiger partial charge in [-0.25, -0.2) is 0 Å². The lowest BCUT2D eigenvalue weighted by Gasteiger charge is -1.97. The van der Waals surface area contributed by atoms with Gasteiger partial charge in [-0.05, 0) is 24.6 Å². The Morgan fingerprint density at radius 2 is 2.07 bits per heavy atom. The number of carbonyl (C=O) groups is 1. The lowest BCUT2D eigenvalue weighted by Crippen LogP contribution is -1.78. The Balaban J connectivity index is 2.94. The molecule has 72 valence electrons. The van der Waals surface area contributed by atoms with Crippen LogP contribution in [-0.4, -0.2) is 11.3 Å². The molecule has 1 heterocycles. The smallest absolute Gasteiger partial charge is 0.153 e. The Labute approximate surface area is 90.8 Å². The van der Waals surface area contributed by atoms with Crippen molar-refractivity contribution in [2.24, 2.45) is 0 Å². The van der Waals surface area contributed by atoms with Crippen LogP contribution in [0.1, 0.15) is 15.9 Å². The minimum absolute atomic E-state index is 0.361. The monoisotopic (exact) mass is 227 g/mol. The number of fused-ring (bicyclic) bond motifs is 1. The molecule has 4 heteroatoms. The van der Waals surface area contributed by atoms with Crippen LogP contribution in [0.5, 0.6) is 0 Å². The Kier molecular flexibility index (Phi) is 2.25. The van der Waals surface area contributed by atoms with E-state index in [1.807, 2.05) is 13.0 Å². The number of aromatic amines is 1. The number of rotatable bonds is 1. The fourth-order valence-electron chi connectivity index (χ4n) is 1.53. The summed E-state index contributed by atoms with van der Waals surface area (Å²) in [6, 6.07) is 3.56. The average Bonchev–Trinajstić information content (AvgIpc) is 2.41. The van der Waals surface area contributed by atoms with Gasteiger partial charge in [0.1, 0.15) is 5.15 Å². The average molecular weight is 228 g/mol. The zero-order chi connectivity index (χ0) is 10.3. The molecule has 0 saturated carbocycles. The number of benzene rings is 1. The fraction of sp³-hybridized carbons (Fsp3) is 0.100. The van der Waals surface area contributed by atoms with Gasteiger partial charge in [0.15, 0.2) is 6.29 Å². The topological polar surface area (TPSA) is 32.9 Å². The van der Waals surface area contributed by atoms with Gasteiger partial charge in [0, 0.05) is 10.4 Å². The number of carbonyl (C=O) groups excluding carboxylic acids is 1. The van der Waals surface area contributed by atoms with E-state index in [0.29, 0.717) is 15.7 Å². The van der Waals surface area contributed by atoms with Crippen molar-refractivity contribution in [2.75, 3.05) is 0 Å². The highest BCUT2D eigenvalue weighted by Gasteiger charge is 2.11. The molecule has 0 radical (unpaired) electrons. The summed E-state index contributed by atoms with van der Waals surface area (Å²) in [5.74, 6) is 0. The number of hydrogen-bond acceptors (Lipinski definition) is 1. The SMILES string of the molecule is Cc1cc(Cl)cc2c(C=O)c(Cl)[nH]c12. The zero-order valence-electron chi connectivity index (χ0n) is 7.40. The van der Waals surface area contributed by atoms with Crippen molar-refractivity contribution in [1.29, 1.82) is 0 Å². The molecule has 2 aromatic rings. The number of aryl methyl sites for hydroxylation is 1. The number of aldehydes is 1. The normalized spacial score (nSPS) is 10.8. The fourth-order valence-corrected chi connectivity index (χ4v) is 2.05. The summed E-state index contributed by atoms with van der Waals surface area (Å²) < 4.78 is 0. The van der Waals surface area contributed by atoms with Crippen molar-refractivity contribution >= 4 is 40.4 Å². The second-order valence-electron chi connectivity index (χ2n) is 3.12. The van der Waals surface area contributed by atoms with Crippen LogP contribution in [0.4, 0.5) is 0 Å². The third-order valence-corrected chi connectivity index (χ3v) is 2.70. The lowest BCUT2D eigenvalue weighted by molar-refractivity contribution is 0.112. The maximum atomic E-state index is 10.8. The first-order valence-corrected chi connectivity index (χ1v) is 4.81. The summed E-state index contributed by atoms with van der Waals surface area (Å²) in [6.45, 7) is 1.91. The molecule has 0 fully saturated rings. The van der Waals surface area contributed by atoms with E-state index in [1.54, 1.807) is 6.07 Å². The lowest BCUT2D eigenvalue weighted by atomic mass is 10.1. The molecule has 2 rings (SSSR count). The van der Waals surface area contributed by atoms with E-state index < -0.39 is 0 Å². The number of hydrogen-bond donors (Lipinski definition) is 1. The highest BCUT2D eigenvalue weighted by molar-refractivity contribution is 6.35. The third-order valence-electron chi connectivity index (χ3n) is 2.18. The van der Waals surface area contributed by atoms with Crippen LogP contribution in [0.2, 0.25) is 10.2 Å². The molecule has 0 bridgehead atoms. The number of aromatic nitrogens is 1. The summed E-state index contributed by atoms with van der Waals surface area (Å²) in [4.78, 5) is 13.7. The molecule has 0 atom stereocenters. The van der Waals surface area contributed by atoms with Gasteiger partial charge in [-0.1, -0.05) is 23.2 Å². The molecule has 2 nitrogen and oxygen atoms in total. The van der Waals surface area contributed by atoms with Crippen LogP contribution >= 0.6 is 23.2 Å². The van der Waals surface area contributed by atoms with E-state index in [4.69, 9.17) is 23.2 Å². The predicted octanol–water partition coefficient (Wildman–Crippen LogP) is 3.60. The van der Waals surface area contributed by atoms with E-state index >= 15 is 0 Å². The summed E-state index contributed by atoms with van der Waals surface area (Å²) in [5, 5.41) is 1.74. The summed E-state index contributed by atoms with van der Waals surface area (Å²) in [6.07, 6.45) is 0.733. The highest BCUT2D eigenvalue weighted by Crippen LogP contribution is 2.29. The van der Waals surface area contributed by atoms with Crippen molar-refractivity contribution in [3.05, 3.63) is 33.4 Å². The van der Waals surface area contributed by atoms with Crippen LogP contribution < -0.4 is 0 Å². The maximum absolute atomic E-state index is 10.8. The van der Waals surface area contributed by atoms with Crippen molar-refractivity contribution < 1.29 is 4.79 Å². The van der Waals surface area contributed by atoms with Crippen molar-refractivity contribution in [3.8, 4) is 0 Å². The van der Waals surface area contributed by atoms with Gasteiger partial charge in [-0.15, -0.1) is 0 Å². The van der Waals surface area contributed by atoms with Crippen molar-refractivity contribution in [1.82, 2.24) is 4.98 Å². The van der Waals surface area contributed by atoms with Crippen LogP contribution in [0.3, 0.4) is 0 Å². The first-order chi connectivity index (χ1) is 6.63. The van der Waals surface area contributed by atoms with Gasteiger partial charge in [-0.2, -0.15) is 0 Å². The minimum atomic E-state index is 0.361. The van der Waals surface area contributed by atoms with E-state index in [-0.39, 0.29) is 0 Å². The zero-order valence-corrected chi connectivity index (χ0v) is 8.91. The Morgan fingerprint density at radius 1 is 1.36 bits per heavy atom. The third kappa shape index (κ3) is 1.31. The van der Waals surface area contributed by atoms with Crippen molar-refractivity contribution in [3.63, 3.8) is 0 Å². The minimum Gasteiger partial charge on any atom is -0.345 e. The predicted molar refractivity (Wildman–Crippen MR) is 58.4 cm³/mol. The van der Waals surface area contributed by atoms with Gasteiger partial charge >= 0.3 is 0 Å². The standard InChI is InChI=1S/C10H7Cl2NO/c1-5-2-6(11)3-7-8(4-14)10(12)13-9(5)7/h2-4,13H,1H3. The van der Waals surface area contributed by atoms with E-state index in [1.165, 1.54) is 0 Å². The van der Waals surface area contributed by atoms with Crippen molar-refractivity contribution in [2.45, 2.75) is 6.92 Å². The molecule has 0 saturated heterocycles. The second-order valence-corrected chi connectivity index (χ2v) is 3.93. The number of H-pyrrole nitrogens is 1. The van der Waals surface area contributed by atoms with Crippen LogP contribution in [0.25, 0.3) is 10.9 Å². The van der Waals surface area contributed by atoms with Gasteiger partial charge in [0.25, 0.3) is 0 Å². The van der Waals surface area contributed by atoms with E-state index in [0.717, 1.165) is 22.8 Å². The second kappa shape index (κ2) is 3.30. The van der Waals surface area contributed by atoms with Crippen LogP contribution in [0.15, 0.2) is 12.1 Å². The highest BCUT2D eigenvalue weighted by atomic mass is 35.5. The van der Waals surface area contributed by atoms with Gasteiger partial charge in [-0.3, -0.25) is 4.79 Å². The van der Waals surface area contributed by atoms with E-state index in [9.17, 15) is 4.79 Å². The summed E-state index contributed by atoms with van der Waals surface area (Å²) in [5.41, 5.74) is 2.30. The first kappa shape index (κ1) is 9.56. The molecule has 0 aliphatic carbocycles. The largest absolute Gasteiger partial charge is 0.345 e. The Hall–Kier alpha value is -0.990. The first-order valence-electron chi connectivity index (χ1n) is 4.06. The molecule has 0 unspecified atom stereocenters. The molecule has 14 heavy (non-hydrogen) atoms.